The lowest BCUT2D eigenvalue weighted by atomic mass is 9.98. The summed E-state index contributed by atoms with van der Waals surface area (Å²) in [7, 11) is 3.79. The second-order valence-electron chi connectivity index (χ2n) is 7.11. The summed E-state index contributed by atoms with van der Waals surface area (Å²) in [5.74, 6) is -0.852. The van der Waals surface area contributed by atoms with E-state index in [0.29, 0.717) is 18.7 Å². The second kappa shape index (κ2) is 6.76. The van der Waals surface area contributed by atoms with Crippen LogP contribution in [0.1, 0.15) is 27.7 Å². The molecule has 0 bridgehead atoms. The normalized spacial score (nSPS) is 16.2. The van der Waals surface area contributed by atoms with Crippen LogP contribution in [0.25, 0.3) is 11.0 Å². The third-order valence-corrected chi connectivity index (χ3v) is 4.92. The molecule has 1 aromatic heterocycles. The number of amides is 1. The van der Waals surface area contributed by atoms with Crippen LogP contribution >= 0.6 is 0 Å². The van der Waals surface area contributed by atoms with Crippen LogP contribution in [-0.4, -0.2) is 48.0 Å². The smallest absolute Gasteiger partial charge is 0.290 e. The molecule has 28 heavy (non-hydrogen) atoms. The summed E-state index contributed by atoms with van der Waals surface area (Å²) in [5, 5.41) is 9.71. The summed E-state index contributed by atoms with van der Waals surface area (Å²) in [4.78, 5) is 29.8. The Morgan fingerprint density at radius 2 is 1.86 bits per heavy atom. The highest BCUT2D eigenvalue weighted by atomic mass is 19.1. The third kappa shape index (κ3) is 2.93. The minimum absolute atomic E-state index is 0.0130. The van der Waals surface area contributed by atoms with Crippen molar-refractivity contribution in [2.24, 2.45) is 0 Å². The summed E-state index contributed by atoms with van der Waals surface area (Å²) in [6, 6.07) is 9.36. The number of carbonyl (C=O) groups excluding carboxylic acids is 1. The fraction of sp³-hybridized carbons (Fsp3) is 0.238. The summed E-state index contributed by atoms with van der Waals surface area (Å²) in [6.07, 6.45) is 0. The minimum Gasteiger partial charge on any atom is -0.508 e. The van der Waals surface area contributed by atoms with Crippen LogP contribution < -0.4 is 5.43 Å². The highest BCUT2D eigenvalue weighted by Crippen LogP contribution is 2.38. The Hall–Kier alpha value is -3.19. The molecule has 0 fully saturated rings. The first-order valence-electron chi connectivity index (χ1n) is 8.87. The number of halogens is 1. The van der Waals surface area contributed by atoms with Gasteiger partial charge in [-0.3, -0.25) is 9.59 Å². The van der Waals surface area contributed by atoms with Crippen LogP contribution in [0.3, 0.4) is 0 Å². The number of hydrogen-bond acceptors (Lipinski definition) is 5. The van der Waals surface area contributed by atoms with Gasteiger partial charge in [-0.2, -0.15) is 0 Å². The van der Waals surface area contributed by atoms with Gasteiger partial charge in [0.2, 0.25) is 5.76 Å². The molecule has 0 saturated heterocycles. The Morgan fingerprint density at radius 1 is 1.14 bits per heavy atom. The average Bonchev–Trinajstić information content (AvgIpc) is 2.94. The number of carbonyl (C=O) groups is 1. The Labute approximate surface area is 160 Å². The molecule has 7 heteroatoms. The predicted octanol–water partition coefficient (Wildman–Crippen LogP) is 2.74. The minimum atomic E-state index is -0.660. The fourth-order valence-corrected chi connectivity index (χ4v) is 3.53. The topological polar surface area (TPSA) is 74.0 Å². The van der Waals surface area contributed by atoms with Crippen molar-refractivity contribution in [1.82, 2.24) is 9.80 Å². The van der Waals surface area contributed by atoms with Crippen molar-refractivity contribution in [3.05, 3.63) is 75.4 Å². The van der Waals surface area contributed by atoms with Crippen molar-refractivity contribution in [2.45, 2.75) is 6.04 Å². The zero-order valence-corrected chi connectivity index (χ0v) is 15.5. The van der Waals surface area contributed by atoms with E-state index < -0.39 is 17.3 Å². The van der Waals surface area contributed by atoms with E-state index in [4.69, 9.17) is 4.42 Å². The summed E-state index contributed by atoms with van der Waals surface area (Å²) in [5.41, 5.74) is 0.631. The number of nitrogens with zero attached hydrogens (tertiary/aromatic N) is 2. The van der Waals surface area contributed by atoms with E-state index in [-0.39, 0.29) is 33.9 Å². The molecule has 3 aromatic rings. The fourth-order valence-electron chi connectivity index (χ4n) is 3.53. The van der Waals surface area contributed by atoms with Crippen LogP contribution in [0.5, 0.6) is 5.75 Å². The standard InChI is InChI=1S/C21H19FN2O4/c1-23(2)9-10-24-18(12-3-6-14(25)7-4-12)17-19(26)15-11-13(22)5-8-16(15)28-20(17)21(24)27/h3-8,11,18,25H,9-10H2,1-2H3. The van der Waals surface area contributed by atoms with Crippen LogP contribution in [0.4, 0.5) is 4.39 Å². The quantitative estimate of drug-likeness (QED) is 0.751. The van der Waals surface area contributed by atoms with Crippen molar-refractivity contribution in [2.75, 3.05) is 27.2 Å². The molecule has 144 valence electrons. The molecular formula is C21H19FN2O4. The van der Waals surface area contributed by atoms with Crippen molar-refractivity contribution < 1.29 is 18.7 Å². The van der Waals surface area contributed by atoms with Crippen molar-refractivity contribution >= 4 is 16.9 Å². The molecule has 4 rings (SSSR count). The van der Waals surface area contributed by atoms with Crippen molar-refractivity contribution in [3.63, 3.8) is 0 Å². The first kappa shape index (κ1) is 18.2. The molecule has 2 aromatic carbocycles. The lowest BCUT2D eigenvalue weighted by molar-refractivity contribution is 0.0716. The number of phenolic OH excluding ortho intramolecular Hbond substituents is 1. The molecule has 1 aliphatic heterocycles. The van der Waals surface area contributed by atoms with Gasteiger partial charge in [0, 0.05) is 13.1 Å². The second-order valence-corrected chi connectivity index (χ2v) is 7.11. The predicted molar refractivity (Wildman–Crippen MR) is 102 cm³/mol. The van der Waals surface area contributed by atoms with Gasteiger partial charge in [-0.25, -0.2) is 4.39 Å². The maximum absolute atomic E-state index is 13.7. The van der Waals surface area contributed by atoms with E-state index in [1.165, 1.54) is 24.3 Å². The highest BCUT2D eigenvalue weighted by Gasteiger charge is 2.42. The maximum Gasteiger partial charge on any atom is 0.290 e. The van der Waals surface area contributed by atoms with Crippen LogP contribution in [0.2, 0.25) is 0 Å². The van der Waals surface area contributed by atoms with Gasteiger partial charge < -0.3 is 19.3 Å². The van der Waals surface area contributed by atoms with Crippen LogP contribution in [0, 0.1) is 5.82 Å². The molecule has 0 radical (unpaired) electrons. The molecule has 0 saturated carbocycles. The molecule has 6 nitrogen and oxygen atoms in total. The maximum atomic E-state index is 13.7. The van der Waals surface area contributed by atoms with E-state index in [1.807, 2.05) is 19.0 Å². The molecule has 1 amide bonds. The summed E-state index contributed by atoms with van der Waals surface area (Å²) < 4.78 is 19.4. The van der Waals surface area contributed by atoms with Gasteiger partial charge >= 0.3 is 0 Å². The van der Waals surface area contributed by atoms with Gasteiger partial charge in [0.15, 0.2) is 5.43 Å². The van der Waals surface area contributed by atoms with E-state index in [1.54, 1.807) is 17.0 Å². The first-order chi connectivity index (χ1) is 13.4. The van der Waals surface area contributed by atoms with Gasteiger partial charge in [-0.05, 0) is 50.0 Å². The molecule has 1 aliphatic rings. The van der Waals surface area contributed by atoms with Gasteiger partial charge in [0.05, 0.1) is 17.0 Å². The Bertz CT molecular complexity index is 1120. The van der Waals surface area contributed by atoms with E-state index in [9.17, 15) is 19.1 Å². The van der Waals surface area contributed by atoms with Gasteiger partial charge in [-0.1, -0.05) is 12.1 Å². The largest absolute Gasteiger partial charge is 0.508 e. The molecule has 0 spiro atoms. The highest BCUT2D eigenvalue weighted by molar-refractivity contribution is 5.99. The molecular weight excluding hydrogens is 363 g/mol. The molecule has 1 N–H and O–H groups in total. The van der Waals surface area contributed by atoms with Gasteiger partial charge in [-0.15, -0.1) is 0 Å². The number of phenols is 1. The average molecular weight is 382 g/mol. The number of likely N-dealkylation sites (N-methyl/N-ethyl adjacent to an activating group) is 1. The number of aromatic hydroxyl groups is 1. The van der Waals surface area contributed by atoms with Gasteiger partial charge in [0.1, 0.15) is 17.1 Å². The Kier molecular flexibility index (Phi) is 4.39. The zero-order chi connectivity index (χ0) is 20.0. The van der Waals surface area contributed by atoms with E-state index in [0.717, 1.165) is 6.07 Å². The van der Waals surface area contributed by atoms with Gasteiger partial charge in [0.25, 0.3) is 5.91 Å². The third-order valence-electron chi connectivity index (χ3n) is 4.92. The lowest BCUT2D eigenvalue weighted by Gasteiger charge is -2.26. The number of benzene rings is 2. The summed E-state index contributed by atoms with van der Waals surface area (Å²) >= 11 is 0. The van der Waals surface area contributed by atoms with Crippen molar-refractivity contribution in [3.8, 4) is 5.75 Å². The molecule has 0 aliphatic carbocycles. The molecule has 1 unspecified atom stereocenters. The van der Waals surface area contributed by atoms with Crippen molar-refractivity contribution in [1.29, 1.82) is 0 Å². The molecule has 2 heterocycles. The first-order valence-corrected chi connectivity index (χ1v) is 8.87. The Balaban J connectivity index is 1.94. The van der Waals surface area contributed by atoms with E-state index in [2.05, 4.69) is 0 Å². The SMILES string of the molecule is CN(C)CCN1C(=O)c2oc3ccc(F)cc3c(=O)c2C1c1ccc(O)cc1. The zero-order valence-electron chi connectivity index (χ0n) is 15.5. The van der Waals surface area contributed by atoms with Crippen LogP contribution in [0.15, 0.2) is 51.7 Å². The number of rotatable bonds is 4. The van der Waals surface area contributed by atoms with E-state index >= 15 is 0 Å². The summed E-state index contributed by atoms with van der Waals surface area (Å²) in [6.45, 7) is 0.975. The monoisotopic (exact) mass is 382 g/mol. The number of fused-ring (bicyclic) bond motifs is 2. The molecule has 1 atom stereocenters. The van der Waals surface area contributed by atoms with Crippen LogP contribution in [-0.2, 0) is 0 Å². The Morgan fingerprint density at radius 3 is 2.54 bits per heavy atom. The number of hydrogen-bond donors (Lipinski definition) is 1. The lowest BCUT2D eigenvalue weighted by Crippen LogP contribution is -2.35.